The van der Waals surface area contributed by atoms with Crippen LogP contribution in [0.25, 0.3) is 33.1 Å². The van der Waals surface area contributed by atoms with Crippen LogP contribution < -0.4 is 16.0 Å². The SMILES string of the molecule is CCCOC(=O)COc1ccc2c(-c3cc4ccccc4oc3=O)cc(=O)oc2c1. The first-order valence-corrected chi connectivity index (χ1v) is 9.45. The lowest BCUT2D eigenvalue weighted by Crippen LogP contribution is -2.15. The molecule has 2 aromatic heterocycles. The van der Waals surface area contributed by atoms with Crippen molar-refractivity contribution in [3.63, 3.8) is 0 Å². The van der Waals surface area contributed by atoms with Crippen LogP contribution in [0.3, 0.4) is 0 Å². The van der Waals surface area contributed by atoms with Crippen LogP contribution in [0.2, 0.25) is 0 Å². The molecular formula is C23H18O7. The van der Waals surface area contributed by atoms with Crippen LogP contribution >= 0.6 is 0 Å². The van der Waals surface area contributed by atoms with E-state index in [1.807, 2.05) is 19.1 Å². The highest BCUT2D eigenvalue weighted by molar-refractivity contribution is 5.95. The molecule has 7 heteroatoms. The van der Waals surface area contributed by atoms with Gasteiger partial charge in [-0.3, -0.25) is 0 Å². The molecule has 0 atom stereocenters. The first-order chi connectivity index (χ1) is 14.5. The van der Waals surface area contributed by atoms with E-state index in [9.17, 15) is 14.4 Å². The largest absolute Gasteiger partial charge is 0.482 e. The Kier molecular flexibility index (Phi) is 5.34. The molecule has 0 aliphatic heterocycles. The monoisotopic (exact) mass is 406 g/mol. The Hall–Kier alpha value is -3.87. The maximum atomic E-state index is 12.5. The van der Waals surface area contributed by atoms with Gasteiger partial charge in [0.15, 0.2) is 6.61 Å². The van der Waals surface area contributed by atoms with Crippen molar-refractivity contribution in [2.24, 2.45) is 0 Å². The maximum absolute atomic E-state index is 12.5. The van der Waals surface area contributed by atoms with Crippen molar-refractivity contribution in [2.45, 2.75) is 13.3 Å². The van der Waals surface area contributed by atoms with Crippen LogP contribution in [-0.4, -0.2) is 19.2 Å². The van der Waals surface area contributed by atoms with Crippen molar-refractivity contribution in [1.29, 1.82) is 0 Å². The van der Waals surface area contributed by atoms with E-state index in [2.05, 4.69) is 0 Å². The van der Waals surface area contributed by atoms with Gasteiger partial charge in [-0.1, -0.05) is 25.1 Å². The molecule has 30 heavy (non-hydrogen) atoms. The zero-order chi connectivity index (χ0) is 21.1. The number of rotatable bonds is 6. The Labute approximate surface area is 170 Å². The number of carbonyl (C=O) groups is 1. The summed E-state index contributed by atoms with van der Waals surface area (Å²) in [5.41, 5.74) is 0.163. The number of fused-ring (bicyclic) bond motifs is 2. The normalized spacial score (nSPS) is 11.0. The molecule has 0 N–H and O–H groups in total. The minimum absolute atomic E-state index is 0.226. The van der Waals surface area contributed by atoms with Crippen LogP contribution in [0, 0.1) is 0 Å². The molecule has 0 amide bonds. The van der Waals surface area contributed by atoms with E-state index >= 15 is 0 Å². The Bertz CT molecular complexity index is 1350. The fourth-order valence-electron chi connectivity index (χ4n) is 3.11. The number of para-hydroxylation sites is 1. The summed E-state index contributed by atoms with van der Waals surface area (Å²) in [7, 11) is 0. The van der Waals surface area contributed by atoms with E-state index in [4.69, 9.17) is 18.3 Å². The third-order valence-corrected chi connectivity index (χ3v) is 4.47. The minimum Gasteiger partial charge on any atom is -0.482 e. The lowest BCUT2D eigenvalue weighted by atomic mass is 10.0. The van der Waals surface area contributed by atoms with E-state index < -0.39 is 17.2 Å². The third kappa shape index (κ3) is 3.96. The van der Waals surface area contributed by atoms with E-state index in [0.29, 0.717) is 28.9 Å². The summed E-state index contributed by atoms with van der Waals surface area (Å²) in [6.45, 7) is 1.96. The second-order valence-electron chi connectivity index (χ2n) is 6.63. The number of hydrogen-bond donors (Lipinski definition) is 0. The highest BCUT2D eigenvalue weighted by Gasteiger charge is 2.14. The summed E-state index contributed by atoms with van der Waals surface area (Å²) in [5.74, 6) is -0.150. The Balaban J connectivity index is 1.73. The average Bonchev–Trinajstić information content (AvgIpc) is 2.75. The number of benzene rings is 2. The Morgan fingerprint density at radius 2 is 1.77 bits per heavy atom. The topological polar surface area (TPSA) is 96.0 Å². The van der Waals surface area contributed by atoms with Gasteiger partial charge >= 0.3 is 17.2 Å². The number of carbonyl (C=O) groups excluding carboxylic acids is 1. The average molecular weight is 406 g/mol. The van der Waals surface area contributed by atoms with E-state index in [1.54, 1.807) is 30.3 Å². The molecule has 152 valence electrons. The van der Waals surface area contributed by atoms with Gasteiger partial charge in [-0.2, -0.15) is 0 Å². The molecule has 0 saturated heterocycles. The predicted molar refractivity (Wildman–Crippen MR) is 111 cm³/mol. The minimum atomic E-state index is -0.621. The molecule has 0 bridgehead atoms. The van der Waals surface area contributed by atoms with Gasteiger partial charge < -0.3 is 18.3 Å². The quantitative estimate of drug-likeness (QED) is 0.354. The van der Waals surface area contributed by atoms with Crippen LogP contribution in [0.15, 0.2) is 73.0 Å². The van der Waals surface area contributed by atoms with E-state index in [1.165, 1.54) is 12.1 Å². The van der Waals surface area contributed by atoms with E-state index in [0.717, 1.165) is 11.8 Å². The second kappa shape index (κ2) is 8.24. The molecule has 4 rings (SSSR count). The summed E-state index contributed by atoms with van der Waals surface area (Å²) >= 11 is 0. The van der Waals surface area contributed by atoms with Crippen LogP contribution in [0.4, 0.5) is 0 Å². The summed E-state index contributed by atoms with van der Waals surface area (Å²) in [6.07, 6.45) is 0.721. The smallest absolute Gasteiger partial charge is 0.344 e. The zero-order valence-corrected chi connectivity index (χ0v) is 16.2. The number of esters is 1. The fourth-order valence-corrected chi connectivity index (χ4v) is 3.11. The van der Waals surface area contributed by atoms with Crippen molar-refractivity contribution in [3.05, 3.63) is 75.4 Å². The van der Waals surface area contributed by atoms with Gasteiger partial charge in [-0.15, -0.1) is 0 Å². The Morgan fingerprint density at radius 3 is 2.60 bits per heavy atom. The van der Waals surface area contributed by atoms with Gasteiger partial charge in [0.1, 0.15) is 16.9 Å². The molecule has 0 aliphatic rings. The standard InChI is InChI=1S/C23H18O7/c1-2-9-27-22(25)13-28-15-7-8-16-17(12-21(24)29-20(16)11-15)18-10-14-5-3-4-6-19(14)30-23(18)26/h3-8,10-12H,2,9,13H2,1H3. The van der Waals surface area contributed by atoms with Crippen LogP contribution in [0.1, 0.15) is 13.3 Å². The molecule has 0 radical (unpaired) electrons. The molecule has 0 aliphatic carbocycles. The summed E-state index contributed by atoms with van der Waals surface area (Å²) in [5, 5.41) is 1.28. The van der Waals surface area contributed by atoms with Crippen molar-refractivity contribution < 1.29 is 23.1 Å². The third-order valence-electron chi connectivity index (χ3n) is 4.47. The van der Waals surface area contributed by atoms with Crippen molar-refractivity contribution >= 4 is 27.9 Å². The molecule has 0 saturated carbocycles. The number of hydrogen-bond acceptors (Lipinski definition) is 7. The fraction of sp³-hybridized carbons (Fsp3) is 0.174. The van der Waals surface area contributed by atoms with Gasteiger partial charge in [0.05, 0.1) is 12.2 Å². The first kappa shape index (κ1) is 19.4. The van der Waals surface area contributed by atoms with Gasteiger partial charge in [0.2, 0.25) is 0 Å². The molecule has 2 heterocycles. The highest BCUT2D eigenvalue weighted by Crippen LogP contribution is 2.29. The van der Waals surface area contributed by atoms with Crippen molar-refractivity contribution in [1.82, 2.24) is 0 Å². The molecule has 2 aromatic carbocycles. The molecule has 7 nitrogen and oxygen atoms in total. The van der Waals surface area contributed by atoms with Gasteiger partial charge in [0.25, 0.3) is 0 Å². The van der Waals surface area contributed by atoms with Gasteiger partial charge in [0, 0.05) is 28.5 Å². The van der Waals surface area contributed by atoms with Crippen molar-refractivity contribution in [2.75, 3.05) is 13.2 Å². The van der Waals surface area contributed by atoms with Crippen LogP contribution in [0.5, 0.6) is 5.75 Å². The molecule has 0 fully saturated rings. The molecule has 4 aromatic rings. The second-order valence-corrected chi connectivity index (χ2v) is 6.63. The molecule has 0 unspecified atom stereocenters. The summed E-state index contributed by atoms with van der Waals surface area (Å²) in [6, 6.07) is 14.9. The lowest BCUT2D eigenvalue weighted by Gasteiger charge is -2.09. The van der Waals surface area contributed by atoms with Gasteiger partial charge in [-0.25, -0.2) is 14.4 Å². The zero-order valence-electron chi connectivity index (χ0n) is 16.2. The highest BCUT2D eigenvalue weighted by atomic mass is 16.6. The van der Waals surface area contributed by atoms with Gasteiger partial charge in [-0.05, 0) is 30.7 Å². The summed E-state index contributed by atoms with van der Waals surface area (Å²) in [4.78, 5) is 36.3. The first-order valence-electron chi connectivity index (χ1n) is 9.45. The van der Waals surface area contributed by atoms with E-state index in [-0.39, 0.29) is 17.8 Å². The predicted octanol–water partition coefficient (Wildman–Crippen LogP) is 3.90. The molecule has 0 spiro atoms. The maximum Gasteiger partial charge on any atom is 0.344 e. The number of ether oxygens (including phenoxy) is 2. The van der Waals surface area contributed by atoms with Crippen LogP contribution in [-0.2, 0) is 9.53 Å². The Morgan fingerprint density at radius 1 is 0.933 bits per heavy atom. The molecular weight excluding hydrogens is 388 g/mol. The summed E-state index contributed by atoms with van der Waals surface area (Å²) < 4.78 is 21.1. The van der Waals surface area contributed by atoms with Crippen molar-refractivity contribution in [3.8, 4) is 16.9 Å². The lowest BCUT2D eigenvalue weighted by molar-refractivity contribution is -0.146.